The second-order valence-corrected chi connectivity index (χ2v) is 5.43. The molecule has 3 N–H and O–H groups in total. The first kappa shape index (κ1) is 17.4. The number of hydrogen-bond donors (Lipinski definition) is 2. The van der Waals surface area contributed by atoms with E-state index in [1.807, 2.05) is 6.92 Å². The van der Waals surface area contributed by atoms with Crippen LogP contribution in [-0.2, 0) is 4.79 Å². The molecule has 1 amide bonds. The summed E-state index contributed by atoms with van der Waals surface area (Å²) in [5.74, 6) is -0.114. The van der Waals surface area contributed by atoms with E-state index >= 15 is 0 Å². The third kappa shape index (κ3) is 5.34. The summed E-state index contributed by atoms with van der Waals surface area (Å²) < 4.78 is 18.9. The fraction of sp³-hybridized carbons (Fsp3) is 0.562. The summed E-state index contributed by atoms with van der Waals surface area (Å²) in [5, 5.41) is 2.89. The molecule has 4 nitrogen and oxygen atoms in total. The van der Waals surface area contributed by atoms with Crippen LogP contribution in [0.1, 0.15) is 52.1 Å². The molecule has 0 saturated carbocycles. The largest absolute Gasteiger partial charge is 0.481 e. The first-order valence-corrected chi connectivity index (χ1v) is 7.37. The van der Waals surface area contributed by atoms with E-state index in [1.165, 1.54) is 18.2 Å². The van der Waals surface area contributed by atoms with Crippen LogP contribution in [0, 0.1) is 5.82 Å². The van der Waals surface area contributed by atoms with Crippen LogP contribution in [0.2, 0.25) is 0 Å². The molecule has 3 atom stereocenters. The van der Waals surface area contributed by atoms with Crippen molar-refractivity contribution in [1.82, 2.24) is 5.32 Å². The molecule has 0 aromatic heterocycles. The molecule has 0 radical (unpaired) electrons. The van der Waals surface area contributed by atoms with Crippen LogP contribution < -0.4 is 15.8 Å². The molecular weight excluding hydrogens is 271 g/mol. The molecular formula is C16H25FN2O2. The van der Waals surface area contributed by atoms with Gasteiger partial charge in [0.2, 0.25) is 0 Å². The Morgan fingerprint density at radius 3 is 2.62 bits per heavy atom. The fourth-order valence-corrected chi connectivity index (χ4v) is 2.09. The molecule has 118 valence electrons. The Morgan fingerprint density at radius 2 is 2.05 bits per heavy atom. The van der Waals surface area contributed by atoms with Gasteiger partial charge in [-0.25, -0.2) is 4.39 Å². The molecule has 1 rings (SSSR count). The van der Waals surface area contributed by atoms with E-state index in [0.717, 1.165) is 12.8 Å². The SMILES string of the molecule is CCCC(C)NC(=O)C(C)Oc1ccc(F)cc1[C@@H](C)N. The molecule has 0 aliphatic rings. The van der Waals surface area contributed by atoms with Gasteiger partial charge >= 0.3 is 0 Å². The number of ether oxygens (including phenoxy) is 1. The molecule has 21 heavy (non-hydrogen) atoms. The molecule has 1 aromatic carbocycles. The average molecular weight is 296 g/mol. The van der Waals surface area contributed by atoms with E-state index in [4.69, 9.17) is 10.5 Å². The minimum atomic E-state index is -0.660. The smallest absolute Gasteiger partial charge is 0.260 e. The van der Waals surface area contributed by atoms with Crippen molar-refractivity contribution in [2.45, 2.75) is 58.7 Å². The van der Waals surface area contributed by atoms with Gasteiger partial charge < -0.3 is 15.8 Å². The number of hydrogen-bond acceptors (Lipinski definition) is 3. The summed E-state index contributed by atoms with van der Waals surface area (Å²) in [4.78, 5) is 12.0. The lowest BCUT2D eigenvalue weighted by Gasteiger charge is -2.20. The summed E-state index contributed by atoms with van der Waals surface area (Å²) >= 11 is 0. The number of benzene rings is 1. The number of carbonyl (C=O) groups is 1. The predicted octanol–water partition coefficient (Wildman–Crippen LogP) is 2.92. The topological polar surface area (TPSA) is 64.3 Å². The van der Waals surface area contributed by atoms with Crippen LogP contribution >= 0.6 is 0 Å². The second-order valence-electron chi connectivity index (χ2n) is 5.43. The Morgan fingerprint density at radius 1 is 1.38 bits per heavy atom. The number of nitrogens with two attached hydrogens (primary N) is 1. The van der Waals surface area contributed by atoms with Gasteiger partial charge in [-0.2, -0.15) is 0 Å². The van der Waals surface area contributed by atoms with Gasteiger partial charge in [-0.3, -0.25) is 4.79 Å². The number of halogens is 1. The van der Waals surface area contributed by atoms with E-state index in [1.54, 1.807) is 13.8 Å². The van der Waals surface area contributed by atoms with Crippen molar-refractivity contribution in [1.29, 1.82) is 0 Å². The molecule has 0 aliphatic carbocycles. The third-order valence-electron chi connectivity index (χ3n) is 3.25. The quantitative estimate of drug-likeness (QED) is 0.813. The van der Waals surface area contributed by atoms with Crippen molar-refractivity contribution in [3.8, 4) is 5.75 Å². The highest BCUT2D eigenvalue weighted by molar-refractivity contribution is 5.81. The van der Waals surface area contributed by atoms with Crippen LogP contribution in [0.4, 0.5) is 4.39 Å². The number of nitrogens with one attached hydrogen (secondary N) is 1. The Kier molecular flexibility index (Phi) is 6.62. The molecule has 1 aromatic rings. The van der Waals surface area contributed by atoms with Crippen LogP contribution in [-0.4, -0.2) is 18.1 Å². The normalized spacial score (nSPS) is 15.1. The Bertz CT molecular complexity index is 477. The lowest BCUT2D eigenvalue weighted by Crippen LogP contribution is -2.41. The third-order valence-corrected chi connectivity index (χ3v) is 3.25. The highest BCUT2D eigenvalue weighted by atomic mass is 19.1. The van der Waals surface area contributed by atoms with Crippen molar-refractivity contribution in [3.05, 3.63) is 29.6 Å². The van der Waals surface area contributed by atoms with Gasteiger partial charge in [0, 0.05) is 17.6 Å². The zero-order valence-electron chi connectivity index (χ0n) is 13.2. The van der Waals surface area contributed by atoms with E-state index < -0.39 is 6.10 Å². The van der Waals surface area contributed by atoms with Crippen molar-refractivity contribution < 1.29 is 13.9 Å². The zero-order chi connectivity index (χ0) is 16.0. The van der Waals surface area contributed by atoms with Gasteiger partial charge in [-0.15, -0.1) is 0 Å². The zero-order valence-corrected chi connectivity index (χ0v) is 13.2. The number of rotatable bonds is 7. The van der Waals surface area contributed by atoms with E-state index in [-0.39, 0.29) is 23.8 Å². The molecule has 2 unspecified atom stereocenters. The molecule has 0 spiro atoms. The van der Waals surface area contributed by atoms with Gasteiger partial charge in [0.05, 0.1) is 0 Å². The van der Waals surface area contributed by atoms with Gasteiger partial charge in [-0.1, -0.05) is 13.3 Å². The Balaban J connectivity index is 2.74. The minimum absolute atomic E-state index is 0.106. The van der Waals surface area contributed by atoms with Crippen LogP contribution in [0.15, 0.2) is 18.2 Å². The molecule has 0 saturated heterocycles. The van der Waals surface area contributed by atoms with Gasteiger partial charge in [0.25, 0.3) is 5.91 Å². The first-order chi connectivity index (χ1) is 9.85. The standard InChI is InChI=1S/C16H25FN2O2/c1-5-6-10(2)19-16(20)12(4)21-15-8-7-13(17)9-14(15)11(3)18/h7-12H,5-6,18H2,1-4H3,(H,19,20)/t10?,11-,12?/m1/s1. The van der Waals surface area contributed by atoms with Crippen LogP contribution in [0.25, 0.3) is 0 Å². The summed E-state index contributed by atoms with van der Waals surface area (Å²) in [6.45, 7) is 7.44. The molecule has 0 heterocycles. The molecule has 0 fully saturated rings. The maximum Gasteiger partial charge on any atom is 0.260 e. The van der Waals surface area contributed by atoms with Crippen molar-refractivity contribution >= 4 is 5.91 Å². The molecule has 0 aliphatic heterocycles. The summed E-state index contributed by atoms with van der Waals surface area (Å²) in [5.41, 5.74) is 6.36. The van der Waals surface area contributed by atoms with Crippen molar-refractivity contribution in [2.24, 2.45) is 5.73 Å². The van der Waals surface area contributed by atoms with Gasteiger partial charge in [-0.05, 0) is 45.4 Å². The lowest BCUT2D eigenvalue weighted by atomic mass is 10.1. The Hall–Kier alpha value is -1.62. The Labute approximate surface area is 125 Å². The highest BCUT2D eigenvalue weighted by Gasteiger charge is 2.19. The van der Waals surface area contributed by atoms with Gasteiger partial charge in [0.15, 0.2) is 6.10 Å². The van der Waals surface area contributed by atoms with E-state index in [9.17, 15) is 9.18 Å². The lowest BCUT2D eigenvalue weighted by molar-refractivity contribution is -0.127. The minimum Gasteiger partial charge on any atom is -0.481 e. The molecule has 0 bridgehead atoms. The van der Waals surface area contributed by atoms with Crippen molar-refractivity contribution in [3.63, 3.8) is 0 Å². The van der Waals surface area contributed by atoms with E-state index in [0.29, 0.717) is 11.3 Å². The highest BCUT2D eigenvalue weighted by Crippen LogP contribution is 2.25. The molecule has 5 heteroatoms. The predicted molar refractivity (Wildman–Crippen MR) is 81.6 cm³/mol. The second kappa shape index (κ2) is 7.98. The van der Waals surface area contributed by atoms with E-state index in [2.05, 4.69) is 12.2 Å². The summed E-state index contributed by atoms with van der Waals surface area (Å²) in [7, 11) is 0. The average Bonchev–Trinajstić information content (AvgIpc) is 2.40. The van der Waals surface area contributed by atoms with Crippen molar-refractivity contribution in [2.75, 3.05) is 0 Å². The first-order valence-electron chi connectivity index (χ1n) is 7.37. The fourth-order valence-electron chi connectivity index (χ4n) is 2.09. The van der Waals surface area contributed by atoms with Crippen LogP contribution in [0.3, 0.4) is 0 Å². The number of carbonyl (C=O) groups excluding carboxylic acids is 1. The number of amides is 1. The maximum absolute atomic E-state index is 13.3. The maximum atomic E-state index is 13.3. The van der Waals surface area contributed by atoms with Gasteiger partial charge in [0.1, 0.15) is 11.6 Å². The summed E-state index contributed by atoms with van der Waals surface area (Å²) in [6, 6.07) is 3.88. The van der Waals surface area contributed by atoms with Crippen LogP contribution in [0.5, 0.6) is 5.75 Å². The summed E-state index contributed by atoms with van der Waals surface area (Å²) in [6.07, 6.45) is 1.26. The monoisotopic (exact) mass is 296 g/mol.